The molecule has 0 aliphatic rings. The van der Waals surface area contributed by atoms with Crippen LogP contribution in [0.1, 0.15) is 6.92 Å². The monoisotopic (exact) mass is 304 g/mol. The normalized spacial score (nSPS) is 9.00. The SMILES string of the molecule is CCOC(=O)OCC(F)F.O=C(O)OCCOC(=O)O. The van der Waals surface area contributed by atoms with Crippen molar-refractivity contribution < 1.29 is 52.3 Å². The maximum absolute atomic E-state index is 11.3. The molecule has 0 fully saturated rings. The molecule has 0 spiro atoms. The Morgan fingerprint density at radius 2 is 1.40 bits per heavy atom. The molecule has 0 saturated carbocycles. The fourth-order valence-electron chi connectivity index (χ4n) is 0.549. The number of hydrogen-bond donors (Lipinski definition) is 2. The Morgan fingerprint density at radius 1 is 0.950 bits per heavy atom. The molecule has 0 atom stereocenters. The molecule has 0 radical (unpaired) electrons. The number of carbonyl (C=O) groups excluding carboxylic acids is 1. The molecule has 0 rings (SSSR count). The Kier molecular flexibility index (Phi) is 13.1. The summed E-state index contributed by atoms with van der Waals surface area (Å²) in [4.78, 5) is 29.4. The van der Waals surface area contributed by atoms with Gasteiger partial charge in [-0.2, -0.15) is 0 Å². The van der Waals surface area contributed by atoms with Crippen molar-refractivity contribution in [2.24, 2.45) is 0 Å². The van der Waals surface area contributed by atoms with Crippen molar-refractivity contribution in [3.8, 4) is 0 Å². The van der Waals surface area contributed by atoms with E-state index in [1.807, 2.05) is 0 Å². The van der Waals surface area contributed by atoms with Crippen LogP contribution in [0.5, 0.6) is 0 Å². The van der Waals surface area contributed by atoms with E-state index in [-0.39, 0.29) is 19.8 Å². The zero-order valence-corrected chi connectivity index (χ0v) is 10.4. The van der Waals surface area contributed by atoms with Gasteiger partial charge >= 0.3 is 18.5 Å². The molecular weight excluding hydrogens is 290 g/mol. The Balaban J connectivity index is 0. The van der Waals surface area contributed by atoms with Crippen LogP contribution in [-0.2, 0) is 18.9 Å². The predicted molar refractivity (Wildman–Crippen MR) is 56.9 cm³/mol. The summed E-state index contributed by atoms with van der Waals surface area (Å²) in [5, 5.41) is 15.7. The fraction of sp³-hybridized carbons (Fsp3) is 0.667. The zero-order chi connectivity index (χ0) is 16.0. The molecule has 0 aromatic carbocycles. The molecule has 9 nitrogen and oxygen atoms in total. The van der Waals surface area contributed by atoms with E-state index < -0.39 is 31.5 Å². The van der Waals surface area contributed by atoms with E-state index in [1.54, 1.807) is 6.92 Å². The van der Waals surface area contributed by atoms with Crippen molar-refractivity contribution >= 4 is 18.5 Å². The first-order valence-corrected chi connectivity index (χ1v) is 5.08. The number of carboxylic acid groups (broad SMARTS) is 2. The molecule has 0 unspecified atom stereocenters. The molecule has 0 aromatic rings. The average molecular weight is 304 g/mol. The summed E-state index contributed by atoms with van der Waals surface area (Å²) in [5.74, 6) is 0. The summed E-state index contributed by atoms with van der Waals surface area (Å²) in [7, 11) is 0. The van der Waals surface area contributed by atoms with Gasteiger partial charge < -0.3 is 29.2 Å². The summed E-state index contributed by atoms with van der Waals surface area (Å²) >= 11 is 0. The molecule has 118 valence electrons. The Morgan fingerprint density at radius 3 is 1.70 bits per heavy atom. The van der Waals surface area contributed by atoms with E-state index in [4.69, 9.17) is 10.2 Å². The highest BCUT2D eigenvalue weighted by molar-refractivity contribution is 5.59. The quantitative estimate of drug-likeness (QED) is 0.428. The Hall–Kier alpha value is -2.33. The van der Waals surface area contributed by atoms with Gasteiger partial charge in [0, 0.05) is 0 Å². The van der Waals surface area contributed by atoms with Gasteiger partial charge in [-0.15, -0.1) is 0 Å². The van der Waals surface area contributed by atoms with Crippen LogP contribution in [0.3, 0.4) is 0 Å². The topological polar surface area (TPSA) is 129 Å². The molecule has 0 aromatic heterocycles. The van der Waals surface area contributed by atoms with Crippen molar-refractivity contribution in [1.82, 2.24) is 0 Å². The van der Waals surface area contributed by atoms with Gasteiger partial charge in [0.2, 0.25) is 0 Å². The predicted octanol–water partition coefficient (Wildman–Crippen LogP) is 1.80. The van der Waals surface area contributed by atoms with Gasteiger partial charge in [0.15, 0.2) is 6.61 Å². The summed E-state index contributed by atoms with van der Waals surface area (Å²) in [6.07, 6.45) is -6.59. The van der Waals surface area contributed by atoms with E-state index in [2.05, 4.69) is 18.9 Å². The Labute approximate surface area is 112 Å². The summed E-state index contributed by atoms with van der Waals surface area (Å²) in [5.41, 5.74) is 0. The number of carbonyl (C=O) groups is 3. The van der Waals surface area contributed by atoms with E-state index >= 15 is 0 Å². The van der Waals surface area contributed by atoms with Gasteiger partial charge in [-0.3, -0.25) is 0 Å². The molecular formula is C9H14F2O9. The van der Waals surface area contributed by atoms with Gasteiger partial charge in [0.05, 0.1) is 6.61 Å². The minimum Gasteiger partial charge on any atom is -0.450 e. The third-order valence-corrected chi connectivity index (χ3v) is 1.12. The molecule has 0 aliphatic carbocycles. The second-order valence-electron chi connectivity index (χ2n) is 2.61. The van der Waals surface area contributed by atoms with Crippen LogP contribution in [0.2, 0.25) is 0 Å². The molecule has 20 heavy (non-hydrogen) atoms. The largest absolute Gasteiger partial charge is 0.508 e. The van der Waals surface area contributed by atoms with Crippen LogP contribution in [0.15, 0.2) is 0 Å². The van der Waals surface area contributed by atoms with Crippen LogP contribution in [-0.4, -0.2) is 61.5 Å². The molecule has 11 heteroatoms. The van der Waals surface area contributed by atoms with Crippen LogP contribution in [0.25, 0.3) is 0 Å². The summed E-state index contributed by atoms with van der Waals surface area (Å²) in [6.45, 7) is 0.230. The van der Waals surface area contributed by atoms with Crippen molar-refractivity contribution in [3.05, 3.63) is 0 Å². The minimum absolute atomic E-state index is 0.127. The lowest BCUT2D eigenvalue weighted by Gasteiger charge is -2.01. The smallest absolute Gasteiger partial charge is 0.450 e. The standard InChI is InChI=1S/C5H8F2O3.C4H6O6/c1-2-9-5(8)10-3-4(6)7;5-3(6)9-1-2-10-4(7)8/h4H,2-3H2,1H3;1-2H2,(H,5,6)(H,7,8). The molecule has 0 amide bonds. The molecule has 0 saturated heterocycles. The highest BCUT2D eigenvalue weighted by Gasteiger charge is 2.07. The molecule has 0 bridgehead atoms. The number of rotatable bonds is 6. The average Bonchev–Trinajstić information content (AvgIpc) is 2.33. The fourth-order valence-corrected chi connectivity index (χ4v) is 0.549. The van der Waals surface area contributed by atoms with Gasteiger partial charge in [-0.1, -0.05) is 0 Å². The zero-order valence-electron chi connectivity index (χ0n) is 10.4. The van der Waals surface area contributed by atoms with Crippen molar-refractivity contribution in [1.29, 1.82) is 0 Å². The number of halogens is 2. The summed E-state index contributed by atoms with van der Waals surface area (Å²) < 4.78 is 38.6. The van der Waals surface area contributed by atoms with Crippen LogP contribution in [0.4, 0.5) is 23.2 Å². The third kappa shape index (κ3) is 21.0. The van der Waals surface area contributed by atoms with Crippen molar-refractivity contribution in [3.63, 3.8) is 0 Å². The number of ether oxygens (including phenoxy) is 4. The first-order valence-electron chi connectivity index (χ1n) is 5.08. The van der Waals surface area contributed by atoms with E-state index in [9.17, 15) is 23.2 Å². The first-order chi connectivity index (χ1) is 9.29. The van der Waals surface area contributed by atoms with Gasteiger partial charge in [-0.05, 0) is 6.92 Å². The van der Waals surface area contributed by atoms with E-state index in [1.165, 1.54) is 0 Å². The lowest BCUT2D eigenvalue weighted by molar-refractivity contribution is 0.00918. The van der Waals surface area contributed by atoms with Crippen LogP contribution < -0.4 is 0 Å². The van der Waals surface area contributed by atoms with Crippen molar-refractivity contribution in [2.75, 3.05) is 26.4 Å². The molecule has 2 N–H and O–H groups in total. The van der Waals surface area contributed by atoms with Gasteiger partial charge in [0.25, 0.3) is 6.43 Å². The highest BCUT2D eigenvalue weighted by Crippen LogP contribution is 1.94. The van der Waals surface area contributed by atoms with E-state index in [0.29, 0.717) is 0 Å². The molecule has 0 aliphatic heterocycles. The van der Waals surface area contributed by atoms with Crippen molar-refractivity contribution in [2.45, 2.75) is 13.3 Å². The van der Waals surface area contributed by atoms with Gasteiger partial charge in [0.1, 0.15) is 13.2 Å². The number of alkyl halides is 2. The second-order valence-corrected chi connectivity index (χ2v) is 2.61. The minimum atomic E-state index is -2.63. The summed E-state index contributed by atoms with van der Waals surface area (Å²) in [6, 6.07) is 0. The second kappa shape index (κ2) is 13.1. The van der Waals surface area contributed by atoms with Gasteiger partial charge in [-0.25, -0.2) is 23.2 Å². The molecule has 0 heterocycles. The number of hydrogen-bond acceptors (Lipinski definition) is 7. The maximum atomic E-state index is 11.3. The third-order valence-electron chi connectivity index (χ3n) is 1.12. The van der Waals surface area contributed by atoms with Crippen LogP contribution in [0, 0.1) is 0 Å². The maximum Gasteiger partial charge on any atom is 0.508 e. The highest BCUT2D eigenvalue weighted by atomic mass is 19.3. The van der Waals surface area contributed by atoms with E-state index in [0.717, 1.165) is 0 Å². The van der Waals surface area contributed by atoms with Crippen LogP contribution >= 0.6 is 0 Å². The lowest BCUT2D eigenvalue weighted by Crippen LogP contribution is -2.12. The Bertz CT molecular complexity index is 279. The first kappa shape index (κ1) is 20.0. The lowest BCUT2D eigenvalue weighted by atomic mass is 10.8.